The average Bonchev–Trinajstić information content (AvgIpc) is 2.32. The Morgan fingerprint density at radius 1 is 1.41 bits per heavy atom. The van der Waals surface area contributed by atoms with Crippen molar-refractivity contribution in [2.75, 3.05) is 20.3 Å². The van der Waals surface area contributed by atoms with E-state index in [1.54, 1.807) is 0 Å². The summed E-state index contributed by atoms with van der Waals surface area (Å²) < 4.78 is 8.99. The van der Waals surface area contributed by atoms with Gasteiger partial charge in [-0.3, -0.25) is 4.79 Å². The van der Waals surface area contributed by atoms with Gasteiger partial charge in [0.2, 0.25) is 5.91 Å². The molecule has 0 aromatic rings. The van der Waals surface area contributed by atoms with E-state index in [0.29, 0.717) is 0 Å². The van der Waals surface area contributed by atoms with Crippen LogP contribution in [0.4, 0.5) is 4.79 Å². The molecule has 0 radical (unpaired) electrons. The molecule has 0 aliphatic rings. The number of amides is 2. The van der Waals surface area contributed by atoms with E-state index < -0.39 is 24.0 Å². The second-order valence-corrected chi connectivity index (χ2v) is 3.05. The van der Waals surface area contributed by atoms with Crippen LogP contribution in [0.25, 0.3) is 0 Å². The van der Waals surface area contributed by atoms with Crippen LogP contribution in [0.1, 0.15) is 6.92 Å². The number of carbonyl (C=O) groups is 3. The van der Waals surface area contributed by atoms with Gasteiger partial charge >= 0.3 is 12.1 Å². The third kappa shape index (κ3) is 6.93. The summed E-state index contributed by atoms with van der Waals surface area (Å²) in [6, 6.07) is -0.765. The van der Waals surface area contributed by atoms with Crippen LogP contribution in [0, 0.1) is 0 Å². The molecule has 0 bridgehead atoms. The lowest BCUT2D eigenvalue weighted by atomic mass is 10.3. The number of alkyl carbamates (subject to hydrolysis) is 1. The van der Waals surface area contributed by atoms with Crippen molar-refractivity contribution in [3.05, 3.63) is 12.7 Å². The number of hydrogen-bond donors (Lipinski definition) is 2. The van der Waals surface area contributed by atoms with Gasteiger partial charge in [-0.1, -0.05) is 12.7 Å². The zero-order valence-electron chi connectivity index (χ0n) is 9.82. The second-order valence-electron chi connectivity index (χ2n) is 3.05. The fourth-order valence-electron chi connectivity index (χ4n) is 0.866. The fraction of sp³-hybridized carbons (Fsp3) is 0.500. The lowest BCUT2D eigenvalue weighted by molar-refractivity contribution is -0.144. The average molecular weight is 244 g/mol. The van der Waals surface area contributed by atoms with E-state index in [4.69, 9.17) is 0 Å². The van der Waals surface area contributed by atoms with Crippen molar-refractivity contribution >= 4 is 18.0 Å². The Bertz CT molecular complexity index is 303. The third-order valence-electron chi connectivity index (χ3n) is 1.66. The van der Waals surface area contributed by atoms with Gasteiger partial charge in [-0.2, -0.15) is 0 Å². The van der Waals surface area contributed by atoms with Crippen molar-refractivity contribution in [2.24, 2.45) is 0 Å². The normalized spacial score (nSPS) is 10.9. The largest absolute Gasteiger partial charge is 0.467 e. The molecule has 0 aliphatic carbocycles. The predicted molar refractivity (Wildman–Crippen MR) is 59.2 cm³/mol. The molecule has 2 N–H and O–H groups in total. The van der Waals surface area contributed by atoms with Gasteiger partial charge in [0.15, 0.2) is 0 Å². The Hall–Kier alpha value is -2.05. The lowest BCUT2D eigenvalue weighted by Crippen LogP contribution is -2.44. The topological polar surface area (TPSA) is 93.7 Å². The quantitative estimate of drug-likeness (QED) is 0.488. The molecule has 0 aromatic carbocycles. The molecule has 0 aliphatic heterocycles. The van der Waals surface area contributed by atoms with Crippen molar-refractivity contribution in [1.82, 2.24) is 10.6 Å². The second kappa shape index (κ2) is 8.14. The standard InChI is InChI=1S/C10H16N2O5/c1-4-5-17-10(15)11-6-8(13)12-7(2)9(14)16-3/h4,7H,1,5-6H2,2-3H3,(H,11,15)(H,12,13)/t7-/m0/s1. The van der Waals surface area contributed by atoms with Gasteiger partial charge in [-0.25, -0.2) is 9.59 Å². The zero-order valence-corrected chi connectivity index (χ0v) is 9.82. The van der Waals surface area contributed by atoms with Crippen molar-refractivity contribution in [1.29, 1.82) is 0 Å². The molecule has 0 saturated carbocycles. The van der Waals surface area contributed by atoms with Crippen molar-refractivity contribution < 1.29 is 23.9 Å². The minimum absolute atomic E-state index is 0.0615. The number of rotatable bonds is 6. The minimum Gasteiger partial charge on any atom is -0.467 e. The summed E-state index contributed by atoms with van der Waals surface area (Å²) >= 11 is 0. The van der Waals surface area contributed by atoms with Crippen LogP contribution in [-0.2, 0) is 19.1 Å². The highest BCUT2D eigenvalue weighted by Gasteiger charge is 2.15. The molecule has 96 valence electrons. The number of hydrogen-bond acceptors (Lipinski definition) is 5. The van der Waals surface area contributed by atoms with E-state index in [9.17, 15) is 14.4 Å². The Kier molecular flexibility index (Phi) is 7.16. The molecule has 0 aromatic heterocycles. The van der Waals surface area contributed by atoms with E-state index in [2.05, 4.69) is 26.7 Å². The molecule has 0 rings (SSSR count). The molecule has 0 fully saturated rings. The first-order valence-electron chi connectivity index (χ1n) is 4.90. The Labute approximate surface area is 99.1 Å². The lowest BCUT2D eigenvalue weighted by Gasteiger charge is -2.11. The summed E-state index contributed by atoms with van der Waals surface area (Å²) in [5, 5.41) is 4.54. The zero-order chi connectivity index (χ0) is 13.3. The van der Waals surface area contributed by atoms with Crippen LogP contribution in [0.2, 0.25) is 0 Å². The minimum atomic E-state index is -0.765. The van der Waals surface area contributed by atoms with Crippen LogP contribution in [0.15, 0.2) is 12.7 Å². The van der Waals surface area contributed by atoms with Gasteiger partial charge in [0, 0.05) is 0 Å². The number of esters is 1. The van der Waals surface area contributed by atoms with Crippen LogP contribution >= 0.6 is 0 Å². The van der Waals surface area contributed by atoms with Gasteiger partial charge in [-0.15, -0.1) is 0 Å². The predicted octanol–water partition coefficient (Wildman–Crippen LogP) is -0.424. The first-order chi connectivity index (χ1) is 8.01. The number of carbonyl (C=O) groups excluding carboxylic acids is 3. The molecule has 0 unspecified atom stereocenters. The van der Waals surface area contributed by atoms with Gasteiger partial charge in [0.25, 0.3) is 0 Å². The highest BCUT2D eigenvalue weighted by Crippen LogP contribution is 1.85. The monoisotopic (exact) mass is 244 g/mol. The summed E-state index contributed by atoms with van der Waals surface area (Å²) in [7, 11) is 1.22. The number of ether oxygens (including phenoxy) is 2. The van der Waals surface area contributed by atoms with Crippen LogP contribution in [0.5, 0.6) is 0 Å². The molecule has 2 amide bonds. The number of nitrogens with one attached hydrogen (secondary N) is 2. The molecular formula is C10H16N2O5. The van der Waals surface area contributed by atoms with Crippen molar-refractivity contribution in [3.63, 3.8) is 0 Å². The Morgan fingerprint density at radius 3 is 2.59 bits per heavy atom. The summed E-state index contributed by atoms with van der Waals surface area (Å²) in [6.07, 6.45) is 0.671. The number of methoxy groups -OCH3 is 1. The highest BCUT2D eigenvalue weighted by molar-refractivity contribution is 5.86. The van der Waals surface area contributed by atoms with Crippen molar-refractivity contribution in [2.45, 2.75) is 13.0 Å². The Morgan fingerprint density at radius 2 is 2.06 bits per heavy atom. The van der Waals surface area contributed by atoms with E-state index in [-0.39, 0.29) is 13.2 Å². The maximum absolute atomic E-state index is 11.2. The first kappa shape index (κ1) is 14.9. The maximum Gasteiger partial charge on any atom is 0.407 e. The summed E-state index contributed by atoms with van der Waals surface area (Å²) in [5.41, 5.74) is 0. The molecule has 0 spiro atoms. The highest BCUT2D eigenvalue weighted by atomic mass is 16.5. The van der Waals surface area contributed by atoms with Crippen molar-refractivity contribution in [3.8, 4) is 0 Å². The molecule has 0 heterocycles. The van der Waals surface area contributed by atoms with E-state index >= 15 is 0 Å². The van der Waals surface area contributed by atoms with E-state index in [1.807, 2.05) is 0 Å². The smallest absolute Gasteiger partial charge is 0.407 e. The molecule has 7 nitrogen and oxygen atoms in total. The molecule has 0 saturated heterocycles. The summed E-state index contributed by atoms with van der Waals surface area (Å²) in [5.74, 6) is -1.08. The molecule has 17 heavy (non-hydrogen) atoms. The van der Waals surface area contributed by atoms with Gasteiger partial charge in [0.1, 0.15) is 19.2 Å². The summed E-state index contributed by atoms with van der Waals surface area (Å²) in [6.45, 7) is 4.61. The van der Waals surface area contributed by atoms with Crippen LogP contribution < -0.4 is 10.6 Å². The maximum atomic E-state index is 11.2. The van der Waals surface area contributed by atoms with E-state index in [1.165, 1.54) is 20.1 Å². The molecular weight excluding hydrogens is 228 g/mol. The third-order valence-corrected chi connectivity index (χ3v) is 1.66. The fourth-order valence-corrected chi connectivity index (χ4v) is 0.866. The van der Waals surface area contributed by atoms with Crippen LogP contribution in [-0.4, -0.2) is 44.3 Å². The van der Waals surface area contributed by atoms with Gasteiger partial charge in [0.05, 0.1) is 7.11 Å². The first-order valence-corrected chi connectivity index (χ1v) is 4.90. The van der Waals surface area contributed by atoms with Gasteiger partial charge < -0.3 is 20.1 Å². The molecule has 7 heteroatoms. The van der Waals surface area contributed by atoms with E-state index in [0.717, 1.165) is 0 Å². The molecule has 1 atom stereocenters. The van der Waals surface area contributed by atoms with Gasteiger partial charge in [-0.05, 0) is 6.92 Å². The van der Waals surface area contributed by atoms with Crippen LogP contribution in [0.3, 0.4) is 0 Å². The summed E-state index contributed by atoms with van der Waals surface area (Å²) in [4.78, 5) is 33.1. The Balaban J connectivity index is 3.83. The SMILES string of the molecule is C=CCOC(=O)NCC(=O)N[C@@H](C)C(=O)OC.